The van der Waals surface area contributed by atoms with E-state index < -0.39 is 28.1 Å². The summed E-state index contributed by atoms with van der Waals surface area (Å²) in [6.45, 7) is 0. The third kappa shape index (κ3) is 4.16. The smallest absolute Gasteiger partial charge is 0.324 e. The number of nitrogens with one attached hydrogen (secondary N) is 1. The topological polar surface area (TPSA) is 98.5 Å². The van der Waals surface area contributed by atoms with E-state index in [0.29, 0.717) is 5.56 Å². The Labute approximate surface area is 135 Å². The standard InChI is InChI=1S/C16H18N2O4S/c1-22-16(19)14(17)15(12-8-4-2-5-9-12)18-23(20,21)13-10-6-3-7-11-13/h2-11,14-15,18H,17H2,1H3/t14-,15-/m0/s1. The first kappa shape index (κ1) is 17.1. The van der Waals surface area contributed by atoms with Gasteiger partial charge < -0.3 is 10.5 Å². The first-order valence-electron chi connectivity index (χ1n) is 6.91. The minimum Gasteiger partial charge on any atom is -0.468 e. The molecule has 0 aliphatic rings. The van der Waals surface area contributed by atoms with E-state index in [2.05, 4.69) is 9.46 Å². The zero-order chi connectivity index (χ0) is 16.9. The molecule has 2 rings (SSSR count). The number of hydrogen-bond acceptors (Lipinski definition) is 5. The van der Waals surface area contributed by atoms with Gasteiger partial charge in [0.15, 0.2) is 0 Å². The predicted octanol–water partition coefficient (Wildman–Crippen LogP) is 1.21. The highest BCUT2D eigenvalue weighted by molar-refractivity contribution is 7.89. The van der Waals surface area contributed by atoms with Crippen LogP contribution in [0.4, 0.5) is 0 Å². The molecule has 0 spiro atoms. The average Bonchev–Trinajstić information content (AvgIpc) is 2.60. The van der Waals surface area contributed by atoms with Crippen molar-refractivity contribution >= 4 is 16.0 Å². The molecule has 3 N–H and O–H groups in total. The molecule has 0 saturated carbocycles. The normalized spacial score (nSPS) is 14.0. The molecule has 0 saturated heterocycles. The number of esters is 1. The number of sulfonamides is 1. The molecule has 0 aromatic heterocycles. The molecule has 0 bridgehead atoms. The lowest BCUT2D eigenvalue weighted by Gasteiger charge is -2.23. The molecular weight excluding hydrogens is 316 g/mol. The third-order valence-electron chi connectivity index (χ3n) is 3.33. The van der Waals surface area contributed by atoms with Gasteiger partial charge in [0.05, 0.1) is 18.0 Å². The van der Waals surface area contributed by atoms with Crippen LogP contribution >= 0.6 is 0 Å². The third-order valence-corrected chi connectivity index (χ3v) is 4.78. The van der Waals surface area contributed by atoms with Gasteiger partial charge in [-0.05, 0) is 17.7 Å². The quantitative estimate of drug-likeness (QED) is 0.774. The summed E-state index contributed by atoms with van der Waals surface area (Å²) in [5, 5.41) is 0. The average molecular weight is 334 g/mol. The Balaban J connectivity index is 2.37. The van der Waals surface area contributed by atoms with Crippen LogP contribution in [0.3, 0.4) is 0 Å². The van der Waals surface area contributed by atoms with Crippen molar-refractivity contribution in [2.24, 2.45) is 5.73 Å². The number of nitrogens with two attached hydrogens (primary N) is 1. The van der Waals surface area contributed by atoms with E-state index in [4.69, 9.17) is 5.73 Å². The monoisotopic (exact) mass is 334 g/mol. The molecule has 0 radical (unpaired) electrons. The molecule has 0 aliphatic heterocycles. The Bertz CT molecular complexity index is 748. The minimum absolute atomic E-state index is 0.0954. The van der Waals surface area contributed by atoms with Gasteiger partial charge in [0.2, 0.25) is 10.0 Å². The predicted molar refractivity (Wildman–Crippen MR) is 85.9 cm³/mol. The van der Waals surface area contributed by atoms with Crippen LogP contribution in [0, 0.1) is 0 Å². The van der Waals surface area contributed by atoms with Crippen LogP contribution in [0.25, 0.3) is 0 Å². The molecule has 23 heavy (non-hydrogen) atoms. The second kappa shape index (κ2) is 7.36. The maximum Gasteiger partial charge on any atom is 0.324 e. The van der Waals surface area contributed by atoms with Gasteiger partial charge in [0.1, 0.15) is 6.04 Å². The van der Waals surface area contributed by atoms with E-state index in [9.17, 15) is 13.2 Å². The molecule has 122 valence electrons. The molecule has 0 fully saturated rings. The van der Waals surface area contributed by atoms with Gasteiger partial charge >= 0.3 is 5.97 Å². The highest BCUT2D eigenvalue weighted by Gasteiger charge is 2.31. The van der Waals surface area contributed by atoms with Gasteiger partial charge in [-0.1, -0.05) is 48.5 Å². The largest absolute Gasteiger partial charge is 0.468 e. The number of ether oxygens (including phenoxy) is 1. The Morgan fingerprint density at radius 2 is 1.57 bits per heavy atom. The van der Waals surface area contributed by atoms with Crippen LogP contribution in [0.5, 0.6) is 0 Å². The zero-order valence-corrected chi connectivity index (χ0v) is 13.4. The summed E-state index contributed by atoms with van der Waals surface area (Å²) in [7, 11) is -2.63. The van der Waals surface area contributed by atoms with E-state index >= 15 is 0 Å². The van der Waals surface area contributed by atoms with Crippen LogP contribution < -0.4 is 10.5 Å². The van der Waals surface area contributed by atoms with Crippen LogP contribution in [-0.2, 0) is 19.6 Å². The molecule has 2 aromatic rings. The minimum atomic E-state index is -3.83. The van der Waals surface area contributed by atoms with Crippen molar-refractivity contribution in [3.05, 3.63) is 66.2 Å². The number of carbonyl (C=O) groups excluding carboxylic acids is 1. The highest BCUT2D eigenvalue weighted by Crippen LogP contribution is 2.20. The second-order valence-electron chi connectivity index (χ2n) is 4.87. The van der Waals surface area contributed by atoms with Crippen molar-refractivity contribution in [3.8, 4) is 0 Å². The van der Waals surface area contributed by atoms with E-state index in [1.807, 2.05) is 0 Å². The van der Waals surface area contributed by atoms with Crippen LogP contribution in [0.2, 0.25) is 0 Å². The lowest BCUT2D eigenvalue weighted by atomic mass is 10.0. The molecule has 7 heteroatoms. The zero-order valence-electron chi connectivity index (χ0n) is 12.5. The Kier molecular flexibility index (Phi) is 5.49. The van der Waals surface area contributed by atoms with E-state index in [1.165, 1.54) is 19.2 Å². The first-order chi connectivity index (χ1) is 11.0. The van der Waals surface area contributed by atoms with Gasteiger partial charge in [-0.15, -0.1) is 0 Å². The number of carbonyl (C=O) groups is 1. The van der Waals surface area contributed by atoms with Gasteiger partial charge in [0, 0.05) is 0 Å². The van der Waals surface area contributed by atoms with Crippen molar-refractivity contribution in [3.63, 3.8) is 0 Å². The van der Waals surface area contributed by atoms with Crippen molar-refractivity contribution in [2.75, 3.05) is 7.11 Å². The van der Waals surface area contributed by atoms with Crippen molar-refractivity contribution in [2.45, 2.75) is 17.0 Å². The first-order valence-corrected chi connectivity index (χ1v) is 8.40. The maximum absolute atomic E-state index is 12.5. The summed E-state index contributed by atoms with van der Waals surface area (Å²) in [6, 6.07) is 14.4. The molecule has 0 heterocycles. The fraction of sp³-hybridized carbons (Fsp3) is 0.188. The van der Waals surface area contributed by atoms with Gasteiger partial charge in [0.25, 0.3) is 0 Å². The molecule has 2 aromatic carbocycles. The van der Waals surface area contributed by atoms with Gasteiger partial charge in [-0.2, -0.15) is 0 Å². The molecule has 2 atom stereocenters. The number of hydrogen-bond donors (Lipinski definition) is 2. The van der Waals surface area contributed by atoms with E-state index in [1.54, 1.807) is 48.5 Å². The van der Waals surface area contributed by atoms with Gasteiger partial charge in [-0.25, -0.2) is 13.1 Å². The fourth-order valence-electron chi connectivity index (χ4n) is 2.12. The highest BCUT2D eigenvalue weighted by atomic mass is 32.2. The van der Waals surface area contributed by atoms with Crippen molar-refractivity contribution in [1.29, 1.82) is 0 Å². The van der Waals surface area contributed by atoms with Crippen molar-refractivity contribution in [1.82, 2.24) is 4.72 Å². The summed E-state index contributed by atoms with van der Waals surface area (Å²) in [6.07, 6.45) is 0. The molecule has 6 nitrogen and oxygen atoms in total. The molecule has 0 aliphatic carbocycles. The summed E-state index contributed by atoms with van der Waals surface area (Å²) in [5.41, 5.74) is 6.46. The molecule has 0 unspecified atom stereocenters. The van der Waals surface area contributed by atoms with Gasteiger partial charge in [-0.3, -0.25) is 4.79 Å². The number of rotatable bonds is 6. The van der Waals surface area contributed by atoms with Crippen molar-refractivity contribution < 1.29 is 17.9 Å². The summed E-state index contributed by atoms with van der Waals surface area (Å²) in [4.78, 5) is 11.9. The fourth-order valence-corrected chi connectivity index (χ4v) is 3.38. The van der Waals surface area contributed by atoms with Crippen LogP contribution in [0.1, 0.15) is 11.6 Å². The Hall–Kier alpha value is -2.22. The van der Waals surface area contributed by atoms with E-state index in [0.717, 1.165) is 0 Å². The van der Waals surface area contributed by atoms with E-state index in [-0.39, 0.29) is 4.90 Å². The van der Waals surface area contributed by atoms with Crippen LogP contribution in [0.15, 0.2) is 65.6 Å². The maximum atomic E-state index is 12.5. The molecule has 0 amide bonds. The summed E-state index contributed by atoms with van der Waals surface area (Å²) < 4.78 is 32.1. The Morgan fingerprint density at radius 3 is 2.09 bits per heavy atom. The summed E-state index contributed by atoms with van der Waals surface area (Å²) >= 11 is 0. The van der Waals surface area contributed by atoms with Crippen LogP contribution in [-0.4, -0.2) is 27.5 Å². The number of methoxy groups -OCH3 is 1. The lowest BCUT2D eigenvalue weighted by Crippen LogP contribution is -2.46. The Morgan fingerprint density at radius 1 is 1.04 bits per heavy atom. The number of benzene rings is 2. The lowest BCUT2D eigenvalue weighted by molar-refractivity contribution is -0.142. The molecular formula is C16H18N2O4S. The second-order valence-corrected chi connectivity index (χ2v) is 6.59. The SMILES string of the molecule is COC(=O)[C@@H](N)[C@@H](NS(=O)(=O)c1ccccc1)c1ccccc1. The summed E-state index contributed by atoms with van der Waals surface area (Å²) in [5.74, 6) is -0.699.